The van der Waals surface area contributed by atoms with Crippen molar-refractivity contribution in [2.75, 3.05) is 13.2 Å². The van der Waals surface area contributed by atoms with Gasteiger partial charge in [-0.25, -0.2) is 0 Å². The molecule has 3 aliphatic carbocycles. The first-order valence-corrected chi connectivity index (χ1v) is 6.24. The summed E-state index contributed by atoms with van der Waals surface area (Å²) in [5, 5.41) is 12.3. The van der Waals surface area contributed by atoms with Gasteiger partial charge >= 0.3 is 0 Å². The van der Waals surface area contributed by atoms with Gasteiger partial charge in [-0.3, -0.25) is 0 Å². The predicted octanol–water partition coefficient (Wildman–Crippen LogP) is 1.39. The van der Waals surface area contributed by atoms with Crippen LogP contribution in [0.25, 0.3) is 0 Å². The van der Waals surface area contributed by atoms with Crippen LogP contribution < -0.4 is 5.32 Å². The van der Waals surface area contributed by atoms with Gasteiger partial charge in [0.05, 0.1) is 6.61 Å². The van der Waals surface area contributed by atoms with Gasteiger partial charge in [0.2, 0.25) is 0 Å². The molecule has 0 radical (unpaired) electrons. The molecular weight excluding hydrogens is 174 g/mol. The molecule has 5 atom stereocenters. The van der Waals surface area contributed by atoms with E-state index in [1.165, 1.54) is 32.1 Å². The molecule has 0 spiro atoms. The summed E-state index contributed by atoms with van der Waals surface area (Å²) in [7, 11) is 0. The van der Waals surface area contributed by atoms with Crippen molar-refractivity contribution in [1.29, 1.82) is 0 Å². The molecule has 0 aliphatic heterocycles. The largest absolute Gasteiger partial charge is 0.395 e. The van der Waals surface area contributed by atoms with Crippen molar-refractivity contribution in [2.24, 2.45) is 23.7 Å². The minimum Gasteiger partial charge on any atom is -0.395 e. The first-order chi connectivity index (χ1) is 6.90. The third-order valence-corrected chi connectivity index (χ3v) is 4.95. The molecule has 14 heavy (non-hydrogen) atoms. The quantitative estimate of drug-likeness (QED) is 0.713. The average Bonchev–Trinajstić information content (AvgIpc) is 2.85. The lowest BCUT2D eigenvalue weighted by molar-refractivity contribution is 0.197. The molecule has 0 aromatic carbocycles. The molecule has 2 N–H and O–H groups in total. The van der Waals surface area contributed by atoms with Crippen molar-refractivity contribution in [3.8, 4) is 0 Å². The molecule has 2 nitrogen and oxygen atoms in total. The normalized spacial score (nSPS) is 49.9. The first-order valence-electron chi connectivity index (χ1n) is 6.24. The summed E-state index contributed by atoms with van der Waals surface area (Å²) in [6.07, 6.45) is 7.36. The van der Waals surface area contributed by atoms with E-state index in [9.17, 15) is 0 Å². The fourth-order valence-corrected chi connectivity index (χ4v) is 4.55. The maximum atomic E-state index is 8.82. The number of fused-ring (bicyclic) bond motifs is 5. The second kappa shape index (κ2) is 3.49. The Kier molecular flexibility index (Phi) is 2.29. The molecule has 0 heterocycles. The molecule has 3 rings (SSSR count). The van der Waals surface area contributed by atoms with Crippen molar-refractivity contribution < 1.29 is 5.11 Å². The number of nitrogens with one attached hydrogen (secondary N) is 1. The van der Waals surface area contributed by atoms with Gasteiger partial charge in [0.15, 0.2) is 0 Å². The molecular formula is C12H21NO. The van der Waals surface area contributed by atoms with Crippen molar-refractivity contribution in [1.82, 2.24) is 5.32 Å². The molecule has 3 fully saturated rings. The van der Waals surface area contributed by atoms with E-state index < -0.39 is 0 Å². The van der Waals surface area contributed by atoms with E-state index in [1.54, 1.807) is 0 Å². The molecule has 0 aromatic rings. The summed E-state index contributed by atoms with van der Waals surface area (Å²) >= 11 is 0. The Bertz CT molecular complexity index is 218. The zero-order chi connectivity index (χ0) is 9.54. The number of hydrogen-bond acceptors (Lipinski definition) is 2. The van der Waals surface area contributed by atoms with E-state index in [0.29, 0.717) is 6.61 Å². The van der Waals surface area contributed by atoms with E-state index in [4.69, 9.17) is 5.11 Å². The Hall–Kier alpha value is -0.0800. The third-order valence-electron chi connectivity index (χ3n) is 4.95. The number of aliphatic hydroxyl groups excluding tert-OH is 1. The Morgan fingerprint density at radius 2 is 1.93 bits per heavy atom. The van der Waals surface area contributed by atoms with Crippen molar-refractivity contribution in [3.63, 3.8) is 0 Å². The van der Waals surface area contributed by atoms with Crippen molar-refractivity contribution >= 4 is 0 Å². The summed E-state index contributed by atoms with van der Waals surface area (Å²) < 4.78 is 0. The van der Waals surface area contributed by atoms with E-state index in [1.807, 2.05) is 0 Å². The number of hydrogen-bond donors (Lipinski definition) is 2. The van der Waals surface area contributed by atoms with Crippen molar-refractivity contribution in [2.45, 2.75) is 38.1 Å². The van der Waals surface area contributed by atoms with Crippen LogP contribution in [0, 0.1) is 23.7 Å². The van der Waals surface area contributed by atoms with Gasteiger partial charge in [-0.05, 0) is 49.4 Å². The third kappa shape index (κ3) is 1.24. The lowest BCUT2D eigenvalue weighted by Crippen LogP contribution is -2.40. The smallest absolute Gasteiger partial charge is 0.0556 e. The Labute approximate surface area is 86.1 Å². The topological polar surface area (TPSA) is 32.3 Å². The Balaban J connectivity index is 1.65. The van der Waals surface area contributed by atoms with Crippen LogP contribution in [-0.4, -0.2) is 24.3 Å². The molecule has 0 unspecified atom stereocenters. The van der Waals surface area contributed by atoms with Gasteiger partial charge in [-0.15, -0.1) is 0 Å². The molecule has 2 heteroatoms. The summed E-state index contributed by atoms with van der Waals surface area (Å²) in [6, 6.07) is 0.742. The minimum atomic E-state index is 0.294. The highest BCUT2D eigenvalue weighted by atomic mass is 16.3. The van der Waals surface area contributed by atoms with Crippen LogP contribution in [0.2, 0.25) is 0 Å². The molecule has 80 valence electrons. The maximum absolute atomic E-state index is 8.82. The van der Waals surface area contributed by atoms with Gasteiger partial charge in [-0.1, -0.05) is 6.42 Å². The van der Waals surface area contributed by atoms with Crippen LogP contribution in [0.3, 0.4) is 0 Å². The molecule has 3 aliphatic rings. The average molecular weight is 195 g/mol. The van der Waals surface area contributed by atoms with Crippen LogP contribution in [-0.2, 0) is 0 Å². The van der Waals surface area contributed by atoms with E-state index in [0.717, 1.165) is 36.3 Å². The van der Waals surface area contributed by atoms with Crippen molar-refractivity contribution in [3.05, 3.63) is 0 Å². The second-order valence-corrected chi connectivity index (χ2v) is 5.44. The van der Waals surface area contributed by atoms with Crippen LogP contribution in [0.15, 0.2) is 0 Å². The van der Waals surface area contributed by atoms with Gasteiger partial charge in [0.1, 0.15) is 0 Å². The van der Waals surface area contributed by atoms with E-state index in [-0.39, 0.29) is 0 Å². The zero-order valence-corrected chi connectivity index (χ0v) is 8.78. The van der Waals surface area contributed by atoms with Gasteiger partial charge in [-0.2, -0.15) is 0 Å². The monoisotopic (exact) mass is 195 g/mol. The predicted molar refractivity (Wildman–Crippen MR) is 55.9 cm³/mol. The highest BCUT2D eigenvalue weighted by Crippen LogP contribution is 2.58. The minimum absolute atomic E-state index is 0.294. The van der Waals surface area contributed by atoms with E-state index >= 15 is 0 Å². The first kappa shape index (κ1) is 9.17. The highest BCUT2D eigenvalue weighted by Gasteiger charge is 2.53. The molecule has 0 saturated heterocycles. The van der Waals surface area contributed by atoms with Crippen LogP contribution in [0.1, 0.15) is 32.1 Å². The number of rotatable bonds is 3. The lowest BCUT2D eigenvalue weighted by Gasteiger charge is -2.32. The van der Waals surface area contributed by atoms with Crippen LogP contribution in [0.4, 0.5) is 0 Å². The van der Waals surface area contributed by atoms with Crippen LogP contribution >= 0.6 is 0 Å². The zero-order valence-electron chi connectivity index (χ0n) is 8.78. The molecule has 0 amide bonds. The standard InChI is InChI=1S/C12H21NO/c14-5-4-13-12-7-8-6-11(12)10-3-1-2-9(8)10/h8-14H,1-7H2/t8-,9-,10-,11+,12-/m1/s1. The summed E-state index contributed by atoms with van der Waals surface area (Å²) in [4.78, 5) is 0. The lowest BCUT2D eigenvalue weighted by atomic mass is 9.79. The summed E-state index contributed by atoms with van der Waals surface area (Å²) in [5.74, 6) is 4.12. The fraction of sp³-hybridized carbons (Fsp3) is 1.00. The molecule has 0 aromatic heterocycles. The SMILES string of the molecule is OCCN[C@@H]1C[C@H]2C[C@H]1[C@@H]1CCC[C@H]21. The Morgan fingerprint density at radius 3 is 2.79 bits per heavy atom. The maximum Gasteiger partial charge on any atom is 0.0556 e. The number of aliphatic hydroxyl groups is 1. The van der Waals surface area contributed by atoms with Gasteiger partial charge < -0.3 is 10.4 Å². The second-order valence-electron chi connectivity index (χ2n) is 5.44. The summed E-state index contributed by atoms with van der Waals surface area (Å²) in [5.41, 5.74) is 0. The van der Waals surface area contributed by atoms with Gasteiger partial charge in [0, 0.05) is 12.6 Å². The molecule has 3 saturated carbocycles. The molecule has 2 bridgehead atoms. The fourth-order valence-electron chi connectivity index (χ4n) is 4.55. The highest BCUT2D eigenvalue weighted by molar-refractivity contribution is 5.05. The van der Waals surface area contributed by atoms with Gasteiger partial charge in [0.25, 0.3) is 0 Å². The van der Waals surface area contributed by atoms with Crippen LogP contribution in [0.5, 0.6) is 0 Å². The van der Waals surface area contributed by atoms with E-state index in [2.05, 4.69) is 5.32 Å². The summed E-state index contributed by atoms with van der Waals surface area (Å²) in [6.45, 7) is 1.09. The Morgan fingerprint density at radius 1 is 1.07 bits per heavy atom.